The normalized spacial score (nSPS) is 22.0. The predicted molar refractivity (Wildman–Crippen MR) is 128 cm³/mol. The van der Waals surface area contributed by atoms with Crippen molar-refractivity contribution in [1.29, 1.82) is 0 Å². The number of hydrogen-bond acceptors (Lipinski definition) is 7. The van der Waals surface area contributed by atoms with Crippen LogP contribution in [0.15, 0.2) is 35.9 Å². The summed E-state index contributed by atoms with van der Waals surface area (Å²) in [5.74, 6) is -0.952. The van der Waals surface area contributed by atoms with E-state index < -0.39 is 30.3 Å². The largest absolute Gasteiger partial charge is 0.506 e. The Hall–Kier alpha value is -2.10. The van der Waals surface area contributed by atoms with Crippen LogP contribution in [-0.2, 0) is 16.0 Å². The fourth-order valence-corrected chi connectivity index (χ4v) is 3.88. The van der Waals surface area contributed by atoms with Crippen molar-refractivity contribution in [3.05, 3.63) is 46.5 Å². The zero-order valence-electron chi connectivity index (χ0n) is 19.7. The molecule has 5 unspecified atom stereocenters. The maximum absolute atomic E-state index is 12.5. The van der Waals surface area contributed by atoms with Crippen LogP contribution in [0.4, 0.5) is 5.69 Å². The Morgan fingerprint density at radius 3 is 2.58 bits per heavy atom. The second-order valence-corrected chi connectivity index (χ2v) is 9.22. The van der Waals surface area contributed by atoms with Crippen LogP contribution >= 0.6 is 11.6 Å². The van der Waals surface area contributed by atoms with E-state index in [-0.39, 0.29) is 29.4 Å². The molecule has 8 nitrogen and oxygen atoms in total. The van der Waals surface area contributed by atoms with Crippen molar-refractivity contribution in [3.8, 4) is 5.75 Å². The summed E-state index contributed by atoms with van der Waals surface area (Å²) in [5.41, 5.74) is 0.473. The number of aliphatic hydroxyl groups is 3. The number of halogens is 1. The highest BCUT2D eigenvalue weighted by molar-refractivity contribution is 6.34. The first-order valence-electron chi connectivity index (χ1n) is 10.9. The number of aromatic hydroxyl groups is 1. The molecule has 5 N–H and O–H groups in total. The van der Waals surface area contributed by atoms with Gasteiger partial charge in [0.2, 0.25) is 5.91 Å². The van der Waals surface area contributed by atoms with Gasteiger partial charge in [-0.1, -0.05) is 42.3 Å². The molecule has 1 aliphatic rings. The number of epoxide rings is 1. The van der Waals surface area contributed by atoms with Crippen molar-refractivity contribution in [2.45, 2.75) is 57.6 Å². The molecule has 2 rings (SSSR count). The Morgan fingerprint density at radius 2 is 2.03 bits per heavy atom. The van der Waals surface area contributed by atoms with E-state index in [1.165, 1.54) is 6.08 Å². The minimum absolute atomic E-state index is 0.00154. The van der Waals surface area contributed by atoms with Gasteiger partial charge in [-0.05, 0) is 38.0 Å². The van der Waals surface area contributed by atoms with Gasteiger partial charge in [0.05, 0.1) is 23.8 Å². The molecule has 1 amide bonds. The number of allylic oxidation sites excluding steroid dienone is 3. The van der Waals surface area contributed by atoms with Gasteiger partial charge in [-0.15, -0.1) is 0 Å². The highest BCUT2D eigenvalue weighted by Crippen LogP contribution is 2.35. The van der Waals surface area contributed by atoms with Gasteiger partial charge >= 0.3 is 0 Å². The number of nitrogens with zero attached hydrogens (tertiary/aromatic N) is 1. The summed E-state index contributed by atoms with van der Waals surface area (Å²) < 4.78 is 5.31. The molecule has 1 aromatic carbocycles. The van der Waals surface area contributed by atoms with E-state index in [4.69, 9.17) is 16.3 Å². The van der Waals surface area contributed by atoms with Gasteiger partial charge in [-0.3, -0.25) is 4.79 Å². The molecular weight excluding hydrogens is 448 g/mol. The molecule has 0 saturated carbocycles. The second-order valence-electron chi connectivity index (χ2n) is 8.84. The summed E-state index contributed by atoms with van der Waals surface area (Å²) in [6.45, 7) is 5.01. The Balaban J connectivity index is 2.06. The smallest absolute Gasteiger partial charge is 0.227 e. The van der Waals surface area contributed by atoms with Crippen molar-refractivity contribution >= 4 is 23.2 Å². The molecule has 1 fully saturated rings. The zero-order valence-corrected chi connectivity index (χ0v) is 20.5. The first kappa shape index (κ1) is 27.1. The fraction of sp³-hybridized carbons (Fsp3) is 0.542. The lowest BCUT2D eigenvalue weighted by atomic mass is 9.98. The van der Waals surface area contributed by atoms with E-state index in [1.807, 2.05) is 38.9 Å². The number of hydrogen-bond donors (Lipinski definition) is 5. The minimum Gasteiger partial charge on any atom is -0.506 e. The molecule has 5 atom stereocenters. The van der Waals surface area contributed by atoms with Crippen LogP contribution in [0.3, 0.4) is 0 Å². The summed E-state index contributed by atoms with van der Waals surface area (Å²) >= 11 is 6.14. The van der Waals surface area contributed by atoms with Crippen LogP contribution in [0.5, 0.6) is 5.75 Å². The number of phenolic OH excluding ortho intramolecular Hbond substituents is 1. The Bertz CT molecular complexity index is 903. The number of phenols is 1. The van der Waals surface area contributed by atoms with Gasteiger partial charge in [0.15, 0.2) is 5.72 Å². The molecule has 0 aromatic heterocycles. The SMILES string of the molecule is C/C(=C\C=C\C(O)C(O)(CCO)NC(=O)C(C)C1OC1C)Cc1cc(O)c(Cl)c(N(C)C)c1. The second kappa shape index (κ2) is 11.4. The van der Waals surface area contributed by atoms with Crippen molar-refractivity contribution < 1.29 is 30.0 Å². The van der Waals surface area contributed by atoms with Crippen LogP contribution in [0.2, 0.25) is 5.02 Å². The average Bonchev–Trinajstić information content (AvgIpc) is 3.46. The number of aliphatic hydroxyl groups excluding tert-OH is 2. The highest BCUT2D eigenvalue weighted by atomic mass is 35.5. The van der Waals surface area contributed by atoms with Crippen LogP contribution < -0.4 is 10.2 Å². The van der Waals surface area contributed by atoms with E-state index in [2.05, 4.69) is 5.32 Å². The molecule has 184 valence electrons. The lowest BCUT2D eigenvalue weighted by Gasteiger charge is -2.32. The summed E-state index contributed by atoms with van der Waals surface area (Å²) in [6, 6.07) is 3.49. The van der Waals surface area contributed by atoms with E-state index in [1.54, 1.807) is 25.1 Å². The molecule has 33 heavy (non-hydrogen) atoms. The summed E-state index contributed by atoms with van der Waals surface area (Å²) in [4.78, 5) is 14.3. The number of carbonyl (C=O) groups is 1. The number of anilines is 1. The summed E-state index contributed by atoms with van der Waals surface area (Å²) in [7, 11) is 3.67. The first-order chi connectivity index (χ1) is 15.4. The molecule has 9 heteroatoms. The van der Waals surface area contributed by atoms with Crippen molar-refractivity contribution in [2.75, 3.05) is 25.6 Å². The average molecular weight is 483 g/mol. The number of benzene rings is 1. The monoisotopic (exact) mass is 482 g/mol. The van der Waals surface area contributed by atoms with Crippen molar-refractivity contribution in [2.24, 2.45) is 5.92 Å². The lowest BCUT2D eigenvalue weighted by Crippen LogP contribution is -2.58. The number of nitrogens with one attached hydrogen (secondary N) is 1. The highest BCUT2D eigenvalue weighted by Gasteiger charge is 2.45. The molecule has 0 spiro atoms. The zero-order chi connectivity index (χ0) is 24.9. The Labute approximate surface area is 200 Å². The third kappa shape index (κ3) is 7.19. The predicted octanol–water partition coefficient (Wildman–Crippen LogP) is 2.13. The van der Waals surface area contributed by atoms with Gasteiger partial charge in [0.25, 0.3) is 0 Å². The van der Waals surface area contributed by atoms with Gasteiger partial charge in [0.1, 0.15) is 16.9 Å². The maximum atomic E-state index is 12.5. The van der Waals surface area contributed by atoms with Crippen LogP contribution in [-0.4, -0.2) is 71.1 Å². The standard InChI is InChI=1S/C24H35ClN2O6/c1-14(11-17-12-18(27(4)5)21(25)19(29)13-17)7-6-8-20(30)24(32,9-10-28)26-23(31)15(2)22-16(3)33-22/h6-8,12-13,15-16,20,22,28-30,32H,9-11H2,1-5H3,(H,26,31)/b8-6+,14-7+. The third-order valence-corrected chi connectivity index (χ3v) is 6.11. The molecular formula is C24H35ClN2O6. The molecule has 1 aliphatic heterocycles. The Morgan fingerprint density at radius 1 is 1.39 bits per heavy atom. The first-order valence-corrected chi connectivity index (χ1v) is 11.3. The number of carbonyl (C=O) groups excluding carboxylic acids is 1. The topological polar surface area (TPSA) is 126 Å². The van der Waals surface area contributed by atoms with E-state index in [0.29, 0.717) is 12.1 Å². The van der Waals surface area contributed by atoms with Gasteiger partial charge in [0, 0.05) is 27.1 Å². The molecule has 0 radical (unpaired) electrons. The van der Waals surface area contributed by atoms with Crippen molar-refractivity contribution in [3.63, 3.8) is 0 Å². The maximum Gasteiger partial charge on any atom is 0.227 e. The van der Waals surface area contributed by atoms with Gasteiger partial charge < -0.3 is 35.4 Å². The number of rotatable bonds is 11. The fourth-order valence-electron chi connectivity index (χ4n) is 3.60. The van der Waals surface area contributed by atoms with Gasteiger partial charge in [-0.2, -0.15) is 0 Å². The Kier molecular flexibility index (Phi) is 9.34. The number of ether oxygens (including phenoxy) is 1. The van der Waals surface area contributed by atoms with E-state index in [0.717, 1.165) is 11.1 Å². The molecule has 1 saturated heterocycles. The third-order valence-electron chi connectivity index (χ3n) is 5.72. The molecule has 0 aliphatic carbocycles. The lowest BCUT2D eigenvalue weighted by molar-refractivity contribution is -0.142. The summed E-state index contributed by atoms with van der Waals surface area (Å²) in [6.07, 6.45) is 3.29. The van der Waals surface area contributed by atoms with Crippen LogP contribution in [0, 0.1) is 5.92 Å². The quantitative estimate of drug-likeness (QED) is 0.186. The van der Waals surface area contributed by atoms with Crippen molar-refractivity contribution in [1.82, 2.24) is 5.32 Å². The molecule has 0 bridgehead atoms. The minimum atomic E-state index is -2.01. The van der Waals surface area contributed by atoms with Crippen LogP contribution in [0.1, 0.15) is 32.8 Å². The van der Waals surface area contributed by atoms with E-state index in [9.17, 15) is 25.2 Å². The number of amides is 1. The van der Waals surface area contributed by atoms with Crippen LogP contribution in [0.25, 0.3) is 0 Å². The summed E-state index contributed by atoms with van der Waals surface area (Å²) in [5, 5.41) is 43.5. The van der Waals surface area contributed by atoms with Gasteiger partial charge in [-0.25, -0.2) is 0 Å². The molecule has 1 heterocycles. The molecule has 1 aromatic rings. The van der Waals surface area contributed by atoms with E-state index >= 15 is 0 Å².